The van der Waals surface area contributed by atoms with E-state index in [1.165, 1.54) is 24.3 Å². The standard InChI is InChI=1S/C12H25NOS/c1-5-15-8-6-7-13-10-9-11(14-4)12(10,2)3/h10-11,13H,5-9H2,1-4H3. The highest BCUT2D eigenvalue weighted by Crippen LogP contribution is 2.42. The van der Waals surface area contributed by atoms with Crippen molar-refractivity contribution in [2.45, 2.75) is 45.8 Å². The maximum Gasteiger partial charge on any atom is 0.0652 e. The summed E-state index contributed by atoms with van der Waals surface area (Å²) in [4.78, 5) is 0. The molecular weight excluding hydrogens is 206 g/mol. The van der Waals surface area contributed by atoms with Gasteiger partial charge in [-0.2, -0.15) is 11.8 Å². The van der Waals surface area contributed by atoms with Crippen LogP contribution in [0.1, 0.15) is 33.6 Å². The first-order valence-electron chi connectivity index (χ1n) is 5.96. The average Bonchev–Trinajstić information content (AvgIpc) is 2.21. The van der Waals surface area contributed by atoms with Crippen LogP contribution in [-0.2, 0) is 4.74 Å². The minimum absolute atomic E-state index is 0.312. The third kappa shape index (κ3) is 3.36. The number of ether oxygens (including phenoxy) is 1. The molecule has 0 aromatic heterocycles. The predicted molar refractivity (Wildman–Crippen MR) is 68.6 cm³/mol. The van der Waals surface area contributed by atoms with E-state index < -0.39 is 0 Å². The van der Waals surface area contributed by atoms with Crippen LogP contribution in [0.3, 0.4) is 0 Å². The molecule has 0 amide bonds. The zero-order valence-electron chi connectivity index (χ0n) is 10.5. The fraction of sp³-hybridized carbons (Fsp3) is 1.00. The molecule has 1 rings (SSSR count). The minimum Gasteiger partial charge on any atom is -0.381 e. The summed E-state index contributed by atoms with van der Waals surface area (Å²) < 4.78 is 5.43. The van der Waals surface area contributed by atoms with Crippen LogP contribution in [0.25, 0.3) is 0 Å². The topological polar surface area (TPSA) is 21.3 Å². The van der Waals surface area contributed by atoms with Crippen molar-refractivity contribution in [3.8, 4) is 0 Å². The summed E-state index contributed by atoms with van der Waals surface area (Å²) in [6.45, 7) is 7.96. The summed E-state index contributed by atoms with van der Waals surface area (Å²) in [6.07, 6.45) is 2.90. The zero-order chi connectivity index (χ0) is 11.3. The molecule has 2 atom stereocenters. The Kier molecular flexibility index (Phi) is 5.44. The average molecular weight is 231 g/mol. The Morgan fingerprint density at radius 2 is 2.20 bits per heavy atom. The van der Waals surface area contributed by atoms with Gasteiger partial charge in [-0.05, 0) is 30.9 Å². The van der Waals surface area contributed by atoms with Crippen LogP contribution < -0.4 is 5.32 Å². The van der Waals surface area contributed by atoms with E-state index in [-0.39, 0.29) is 0 Å². The minimum atomic E-state index is 0.312. The van der Waals surface area contributed by atoms with Crippen LogP contribution in [0.2, 0.25) is 0 Å². The summed E-state index contributed by atoms with van der Waals surface area (Å²) in [6, 6.07) is 0.647. The summed E-state index contributed by atoms with van der Waals surface area (Å²) in [7, 11) is 1.82. The molecule has 15 heavy (non-hydrogen) atoms. The van der Waals surface area contributed by atoms with Crippen LogP contribution in [0.15, 0.2) is 0 Å². The lowest BCUT2D eigenvalue weighted by Crippen LogP contribution is -2.60. The lowest BCUT2D eigenvalue weighted by Gasteiger charge is -2.51. The van der Waals surface area contributed by atoms with Crippen LogP contribution in [0.5, 0.6) is 0 Å². The molecule has 0 bridgehead atoms. The number of thioether (sulfide) groups is 1. The van der Waals surface area contributed by atoms with Crippen molar-refractivity contribution in [2.24, 2.45) is 5.41 Å². The Labute approximate surface area is 98.5 Å². The first kappa shape index (κ1) is 13.3. The maximum absolute atomic E-state index is 5.43. The van der Waals surface area contributed by atoms with Crippen LogP contribution in [0, 0.1) is 5.41 Å². The third-order valence-corrected chi connectivity index (χ3v) is 4.51. The normalized spacial score (nSPS) is 28.8. The Bertz CT molecular complexity index is 184. The van der Waals surface area contributed by atoms with Crippen molar-refractivity contribution in [3.63, 3.8) is 0 Å². The van der Waals surface area contributed by atoms with Gasteiger partial charge in [-0.3, -0.25) is 0 Å². The van der Waals surface area contributed by atoms with Gasteiger partial charge in [0.05, 0.1) is 6.10 Å². The Morgan fingerprint density at radius 1 is 1.47 bits per heavy atom. The van der Waals surface area contributed by atoms with Gasteiger partial charge < -0.3 is 10.1 Å². The molecule has 2 nitrogen and oxygen atoms in total. The monoisotopic (exact) mass is 231 g/mol. The highest BCUT2D eigenvalue weighted by atomic mass is 32.2. The van der Waals surface area contributed by atoms with Crippen molar-refractivity contribution in [1.82, 2.24) is 5.32 Å². The number of rotatable bonds is 7. The van der Waals surface area contributed by atoms with Gasteiger partial charge in [0.2, 0.25) is 0 Å². The summed E-state index contributed by atoms with van der Waals surface area (Å²) in [5, 5.41) is 3.64. The fourth-order valence-electron chi connectivity index (χ4n) is 2.23. The molecule has 0 aromatic rings. The number of hydrogen-bond donors (Lipinski definition) is 1. The smallest absolute Gasteiger partial charge is 0.0652 e. The molecule has 1 saturated carbocycles. The molecule has 0 aliphatic heterocycles. The van der Waals surface area contributed by atoms with Gasteiger partial charge >= 0.3 is 0 Å². The Balaban J connectivity index is 2.08. The Morgan fingerprint density at radius 3 is 2.73 bits per heavy atom. The highest BCUT2D eigenvalue weighted by molar-refractivity contribution is 7.99. The molecule has 90 valence electrons. The predicted octanol–water partition coefficient (Wildman–Crippen LogP) is 2.53. The first-order valence-corrected chi connectivity index (χ1v) is 7.12. The molecule has 1 aliphatic rings. The lowest BCUT2D eigenvalue weighted by atomic mass is 9.64. The number of hydrogen-bond acceptors (Lipinski definition) is 3. The molecule has 2 unspecified atom stereocenters. The second kappa shape index (κ2) is 6.12. The summed E-state index contributed by atoms with van der Waals surface area (Å²) in [5.74, 6) is 2.52. The molecule has 1 aliphatic carbocycles. The van der Waals surface area contributed by atoms with Crippen LogP contribution in [0.4, 0.5) is 0 Å². The van der Waals surface area contributed by atoms with E-state index in [1.807, 2.05) is 18.9 Å². The van der Waals surface area contributed by atoms with Crippen molar-refractivity contribution in [3.05, 3.63) is 0 Å². The quantitative estimate of drug-likeness (QED) is 0.680. The van der Waals surface area contributed by atoms with Crippen LogP contribution >= 0.6 is 11.8 Å². The van der Waals surface area contributed by atoms with E-state index in [4.69, 9.17) is 4.74 Å². The van der Waals surface area contributed by atoms with Gasteiger partial charge in [-0.1, -0.05) is 20.8 Å². The van der Waals surface area contributed by atoms with Crippen LogP contribution in [-0.4, -0.2) is 37.3 Å². The molecule has 1 N–H and O–H groups in total. The van der Waals surface area contributed by atoms with E-state index in [9.17, 15) is 0 Å². The number of methoxy groups -OCH3 is 1. The van der Waals surface area contributed by atoms with E-state index >= 15 is 0 Å². The van der Waals surface area contributed by atoms with Crippen molar-refractivity contribution >= 4 is 11.8 Å². The maximum atomic E-state index is 5.43. The summed E-state index contributed by atoms with van der Waals surface area (Å²) >= 11 is 2.03. The van der Waals surface area contributed by atoms with Gasteiger partial charge in [0.1, 0.15) is 0 Å². The van der Waals surface area contributed by atoms with Gasteiger partial charge in [0.15, 0.2) is 0 Å². The summed E-state index contributed by atoms with van der Waals surface area (Å²) in [5.41, 5.74) is 0.312. The van der Waals surface area contributed by atoms with Crippen molar-refractivity contribution in [2.75, 3.05) is 25.2 Å². The first-order chi connectivity index (χ1) is 7.12. The van der Waals surface area contributed by atoms with Crippen molar-refractivity contribution < 1.29 is 4.74 Å². The van der Waals surface area contributed by atoms with E-state index in [0.717, 1.165) is 6.54 Å². The molecular formula is C12H25NOS. The largest absolute Gasteiger partial charge is 0.381 e. The number of nitrogens with one attached hydrogen (secondary N) is 1. The lowest BCUT2D eigenvalue weighted by molar-refractivity contribution is -0.0971. The van der Waals surface area contributed by atoms with Gasteiger partial charge in [-0.15, -0.1) is 0 Å². The third-order valence-electron chi connectivity index (χ3n) is 3.52. The fourth-order valence-corrected chi connectivity index (χ4v) is 2.86. The molecule has 1 fully saturated rings. The highest BCUT2D eigenvalue weighted by Gasteiger charge is 2.47. The van der Waals surface area contributed by atoms with Gasteiger partial charge in [-0.25, -0.2) is 0 Å². The zero-order valence-corrected chi connectivity index (χ0v) is 11.3. The van der Waals surface area contributed by atoms with Gasteiger partial charge in [0.25, 0.3) is 0 Å². The molecule has 0 aromatic carbocycles. The SMILES string of the molecule is CCSCCCNC1CC(OC)C1(C)C. The van der Waals surface area contributed by atoms with E-state index in [1.54, 1.807) is 0 Å². The second-order valence-electron chi connectivity index (χ2n) is 4.84. The Hall–Kier alpha value is 0.270. The molecule has 3 heteroatoms. The molecule has 0 radical (unpaired) electrons. The second-order valence-corrected chi connectivity index (χ2v) is 6.23. The van der Waals surface area contributed by atoms with E-state index in [0.29, 0.717) is 17.6 Å². The van der Waals surface area contributed by atoms with Crippen molar-refractivity contribution in [1.29, 1.82) is 0 Å². The van der Waals surface area contributed by atoms with Gasteiger partial charge in [0, 0.05) is 18.6 Å². The molecule has 0 saturated heterocycles. The van der Waals surface area contributed by atoms with E-state index in [2.05, 4.69) is 26.1 Å². The molecule has 0 spiro atoms. The molecule has 0 heterocycles.